The van der Waals surface area contributed by atoms with Gasteiger partial charge < -0.3 is 9.47 Å². The standard InChI is InChI=1S/C15H19BrO3/c1-4-18-14(17)15(7-8-15)11-5-6-13(12(16)9-11)19-10(2)3/h5-6,9-10H,4,7-8H2,1-3H3. The first-order valence-electron chi connectivity index (χ1n) is 6.63. The molecular formula is C15H19BrO3. The van der Waals surface area contributed by atoms with Crippen LogP contribution in [0.3, 0.4) is 0 Å². The van der Waals surface area contributed by atoms with Crippen LogP contribution in [0.5, 0.6) is 5.75 Å². The summed E-state index contributed by atoms with van der Waals surface area (Å²) in [4.78, 5) is 12.0. The molecule has 1 aromatic carbocycles. The third kappa shape index (κ3) is 2.94. The lowest BCUT2D eigenvalue weighted by Crippen LogP contribution is -2.23. The molecule has 0 amide bonds. The van der Waals surface area contributed by atoms with E-state index < -0.39 is 5.41 Å². The van der Waals surface area contributed by atoms with Crippen LogP contribution in [0.25, 0.3) is 0 Å². The zero-order valence-electron chi connectivity index (χ0n) is 11.5. The van der Waals surface area contributed by atoms with Gasteiger partial charge in [-0.1, -0.05) is 6.07 Å². The first-order chi connectivity index (χ1) is 8.99. The summed E-state index contributed by atoms with van der Waals surface area (Å²) in [5, 5.41) is 0. The summed E-state index contributed by atoms with van der Waals surface area (Å²) in [6.07, 6.45) is 1.85. The molecule has 0 aliphatic heterocycles. The molecule has 0 atom stereocenters. The van der Waals surface area contributed by atoms with E-state index in [1.165, 1.54) is 0 Å². The van der Waals surface area contributed by atoms with Crippen LogP contribution in [-0.2, 0) is 14.9 Å². The topological polar surface area (TPSA) is 35.5 Å². The van der Waals surface area contributed by atoms with E-state index in [1.807, 2.05) is 39.0 Å². The van der Waals surface area contributed by atoms with Crippen LogP contribution in [0, 0.1) is 0 Å². The third-order valence-electron chi connectivity index (χ3n) is 3.26. The first-order valence-corrected chi connectivity index (χ1v) is 7.43. The molecule has 0 heterocycles. The molecule has 1 aromatic rings. The molecule has 0 bridgehead atoms. The van der Waals surface area contributed by atoms with Crippen LogP contribution in [0.4, 0.5) is 0 Å². The van der Waals surface area contributed by atoms with Gasteiger partial charge in [-0.3, -0.25) is 4.79 Å². The zero-order valence-corrected chi connectivity index (χ0v) is 13.1. The Kier molecular flexibility index (Phi) is 4.19. The maximum Gasteiger partial charge on any atom is 0.316 e. The van der Waals surface area contributed by atoms with E-state index in [1.54, 1.807) is 0 Å². The quantitative estimate of drug-likeness (QED) is 0.771. The minimum atomic E-state index is -0.422. The van der Waals surface area contributed by atoms with Gasteiger partial charge in [0.15, 0.2) is 0 Å². The lowest BCUT2D eigenvalue weighted by atomic mass is 9.96. The average molecular weight is 327 g/mol. The van der Waals surface area contributed by atoms with Crippen molar-refractivity contribution in [1.29, 1.82) is 0 Å². The molecule has 1 saturated carbocycles. The van der Waals surface area contributed by atoms with E-state index >= 15 is 0 Å². The summed E-state index contributed by atoms with van der Waals surface area (Å²) in [7, 11) is 0. The van der Waals surface area contributed by atoms with Crippen molar-refractivity contribution in [1.82, 2.24) is 0 Å². The molecule has 0 unspecified atom stereocenters. The minimum absolute atomic E-state index is 0.112. The maximum atomic E-state index is 12.0. The Morgan fingerprint density at radius 2 is 2.11 bits per heavy atom. The van der Waals surface area contributed by atoms with Gasteiger partial charge in [-0.15, -0.1) is 0 Å². The van der Waals surface area contributed by atoms with Crippen molar-refractivity contribution in [2.75, 3.05) is 6.61 Å². The fourth-order valence-corrected chi connectivity index (χ4v) is 2.63. The van der Waals surface area contributed by atoms with Crippen molar-refractivity contribution in [3.8, 4) is 5.75 Å². The number of rotatable bonds is 5. The molecule has 1 aliphatic carbocycles. The van der Waals surface area contributed by atoms with Crippen molar-refractivity contribution in [2.45, 2.75) is 45.1 Å². The van der Waals surface area contributed by atoms with Crippen molar-refractivity contribution >= 4 is 21.9 Å². The molecule has 2 rings (SSSR count). The molecule has 0 spiro atoms. The molecule has 104 valence electrons. The van der Waals surface area contributed by atoms with Crippen LogP contribution in [0.15, 0.2) is 22.7 Å². The van der Waals surface area contributed by atoms with Crippen LogP contribution in [0.1, 0.15) is 39.2 Å². The summed E-state index contributed by atoms with van der Waals surface area (Å²) >= 11 is 3.51. The Balaban J connectivity index is 2.23. The Hall–Kier alpha value is -1.03. The number of hydrogen-bond acceptors (Lipinski definition) is 3. The Bertz CT molecular complexity index is 478. The highest BCUT2D eigenvalue weighted by atomic mass is 79.9. The second-order valence-corrected chi connectivity index (χ2v) is 5.97. The fraction of sp³-hybridized carbons (Fsp3) is 0.533. The highest BCUT2D eigenvalue weighted by Gasteiger charge is 2.52. The monoisotopic (exact) mass is 326 g/mol. The first kappa shape index (κ1) is 14.4. The van der Waals surface area contributed by atoms with E-state index in [-0.39, 0.29) is 12.1 Å². The largest absolute Gasteiger partial charge is 0.490 e. The smallest absolute Gasteiger partial charge is 0.316 e. The molecule has 1 aliphatic rings. The van der Waals surface area contributed by atoms with Gasteiger partial charge >= 0.3 is 5.97 Å². The van der Waals surface area contributed by atoms with Gasteiger partial charge in [-0.2, -0.15) is 0 Å². The van der Waals surface area contributed by atoms with Gasteiger partial charge in [0, 0.05) is 0 Å². The number of benzene rings is 1. The van der Waals surface area contributed by atoms with Gasteiger partial charge in [-0.05, 0) is 67.2 Å². The van der Waals surface area contributed by atoms with Crippen LogP contribution >= 0.6 is 15.9 Å². The molecule has 3 nitrogen and oxygen atoms in total. The number of esters is 1. The SMILES string of the molecule is CCOC(=O)C1(c2ccc(OC(C)C)c(Br)c2)CC1. The summed E-state index contributed by atoms with van der Waals surface area (Å²) in [6, 6.07) is 5.85. The van der Waals surface area contributed by atoms with Crippen LogP contribution in [0.2, 0.25) is 0 Å². The van der Waals surface area contributed by atoms with Gasteiger partial charge in [0.1, 0.15) is 5.75 Å². The van der Waals surface area contributed by atoms with Gasteiger partial charge in [-0.25, -0.2) is 0 Å². The predicted octanol–water partition coefficient (Wildman–Crippen LogP) is 3.83. The van der Waals surface area contributed by atoms with Crippen molar-refractivity contribution < 1.29 is 14.3 Å². The van der Waals surface area contributed by atoms with Gasteiger partial charge in [0.25, 0.3) is 0 Å². The number of halogens is 1. The minimum Gasteiger partial charge on any atom is -0.490 e. The molecular weight excluding hydrogens is 308 g/mol. The molecule has 0 aromatic heterocycles. The molecule has 0 N–H and O–H groups in total. The summed E-state index contributed by atoms with van der Waals surface area (Å²) < 4.78 is 11.7. The summed E-state index contributed by atoms with van der Waals surface area (Å²) in [5.41, 5.74) is 0.587. The molecule has 0 saturated heterocycles. The van der Waals surface area contributed by atoms with E-state index in [0.29, 0.717) is 6.61 Å². The highest BCUT2D eigenvalue weighted by molar-refractivity contribution is 9.10. The lowest BCUT2D eigenvalue weighted by molar-refractivity contribution is -0.146. The Morgan fingerprint density at radius 3 is 2.58 bits per heavy atom. The lowest BCUT2D eigenvalue weighted by Gasteiger charge is -2.17. The van der Waals surface area contributed by atoms with E-state index in [9.17, 15) is 4.79 Å². The molecule has 1 fully saturated rings. The van der Waals surface area contributed by atoms with Crippen LogP contribution in [-0.4, -0.2) is 18.7 Å². The summed E-state index contributed by atoms with van der Waals surface area (Å²) in [5.74, 6) is 0.692. The average Bonchev–Trinajstić information content (AvgIpc) is 3.13. The van der Waals surface area contributed by atoms with E-state index in [0.717, 1.165) is 28.6 Å². The van der Waals surface area contributed by atoms with Crippen LogP contribution < -0.4 is 4.74 Å². The second kappa shape index (κ2) is 5.53. The second-order valence-electron chi connectivity index (χ2n) is 5.11. The van der Waals surface area contributed by atoms with Gasteiger partial charge in [0.2, 0.25) is 0 Å². The molecule has 4 heteroatoms. The van der Waals surface area contributed by atoms with E-state index in [2.05, 4.69) is 15.9 Å². The number of carbonyl (C=O) groups is 1. The zero-order chi connectivity index (χ0) is 14.0. The number of hydrogen-bond donors (Lipinski definition) is 0. The number of carbonyl (C=O) groups excluding carboxylic acids is 1. The predicted molar refractivity (Wildman–Crippen MR) is 77.5 cm³/mol. The molecule has 0 radical (unpaired) electrons. The molecule has 19 heavy (non-hydrogen) atoms. The van der Waals surface area contributed by atoms with Crippen molar-refractivity contribution in [3.05, 3.63) is 28.2 Å². The normalized spacial score (nSPS) is 16.3. The Labute approximate surface area is 122 Å². The summed E-state index contributed by atoms with van der Waals surface area (Å²) in [6.45, 7) is 6.24. The fourth-order valence-electron chi connectivity index (χ4n) is 2.15. The van der Waals surface area contributed by atoms with Crippen molar-refractivity contribution in [3.63, 3.8) is 0 Å². The maximum absolute atomic E-state index is 12.0. The van der Waals surface area contributed by atoms with Gasteiger partial charge in [0.05, 0.1) is 22.6 Å². The number of ether oxygens (including phenoxy) is 2. The Morgan fingerprint density at radius 1 is 1.42 bits per heavy atom. The highest BCUT2D eigenvalue weighted by Crippen LogP contribution is 2.50. The van der Waals surface area contributed by atoms with Crippen molar-refractivity contribution in [2.24, 2.45) is 0 Å². The third-order valence-corrected chi connectivity index (χ3v) is 3.88. The van der Waals surface area contributed by atoms with E-state index in [4.69, 9.17) is 9.47 Å².